The molecule has 82 valence electrons. The van der Waals surface area contributed by atoms with Crippen LogP contribution in [0.2, 0.25) is 0 Å². The maximum absolute atomic E-state index is 6.09. The molecule has 2 aliphatic rings. The number of piperidine rings is 1. The van der Waals surface area contributed by atoms with E-state index >= 15 is 0 Å². The molecule has 2 aliphatic heterocycles. The maximum atomic E-state index is 6.09. The van der Waals surface area contributed by atoms with Gasteiger partial charge in [-0.05, 0) is 26.8 Å². The first-order valence-corrected chi connectivity index (χ1v) is 5.45. The summed E-state index contributed by atoms with van der Waals surface area (Å²) < 4.78 is 0. The van der Waals surface area contributed by atoms with Gasteiger partial charge in [-0.1, -0.05) is 0 Å². The molecular formula is C9H21N5. The van der Waals surface area contributed by atoms with Crippen LogP contribution < -0.4 is 21.8 Å². The van der Waals surface area contributed by atoms with Crippen molar-refractivity contribution in [2.24, 2.45) is 5.73 Å². The van der Waals surface area contributed by atoms with Gasteiger partial charge in [-0.3, -0.25) is 5.32 Å². The van der Waals surface area contributed by atoms with E-state index in [9.17, 15) is 0 Å². The Morgan fingerprint density at radius 1 is 1.36 bits per heavy atom. The lowest BCUT2D eigenvalue weighted by molar-refractivity contribution is 0.0827. The second kappa shape index (κ2) is 4.12. The van der Waals surface area contributed by atoms with Crippen molar-refractivity contribution in [3.63, 3.8) is 0 Å². The average Bonchev–Trinajstić information content (AvgIpc) is 2.46. The third-order valence-corrected chi connectivity index (χ3v) is 3.10. The first kappa shape index (κ1) is 10.3. The van der Waals surface area contributed by atoms with Crippen LogP contribution in [0.3, 0.4) is 0 Å². The summed E-state index contributed by atoms with van der Waals surface area (Å²) in [7, 11) is 0. The molecule has 4 atom stereocenters. The highest BCUT2D eigenvalue weighted by Gasteiger charge is 2.35. The zero-order chi connectivity index (χ0) is 10.1. The van der Waals surface area contributed by atoms with Gasteiger partial charge in [0, 0.05) is 18.6 Å². The van der Waals surface area contributed by atoms with Crippen LogP contribution in [0.25, 0.3) is 0 Å². The highest BCUT2D eigenvalue weighted by molar-refractivity contribution is 4.91. The van der Waals surface area contributed by atoms with E-state index in [1.54, 1.807) is 0 Å². The topological polar surface area (TPSA) is 65.3 Å². The largest absolute Gasteiger partial charge is 0.325 e. The third kappa shape index (κ3) is 1.92. The Kier molecular flexibility index (Phi) is 3.04. The molecule has 2 heterocycles. The van der Waals surface area contributed by atoms with Crippen LogP contribution in [0.4, 0.5) is 0 Å². The summed E-state index contributed by atoms with van der Waals surface area (Å²) in [5.74, 6) is 0. The van der Waals surface area contributed by atoms with Crippen LogP contribution in [-0.4, -0.2) is 42.5 Å². The van der Waals surface area contributed by atoms with Crippen molar-refractivity contribution in [2.75, 3.05) is 13.1 Å². The van der Waals surface area contributed by atoms with Gasteiger partial charge in [-0.2, -0.15) is 0 Å². The first-order chi connectivity index (χ1) is 6.68. The number of hydrogen-bond donors (Lipinski definition) is 4. The van der Waals surface area contributed by atoms with Crippen molar-refractivity contribution < 1.29 is 0 Å². The van der Waals surface area contributed by atoms with E-state index < -0.39 is 0 Å². The minimum atomic E-state index is 0.228. The van der Waals surface area contributed by atoms with E-state index in [1.165, 1.54) is 0 Å². The molecule has 0 amide bonds. The van der Waals surface area contributed by atoms with Gasteiger partial charge in [0.1, 0.15) is 0 Å². The highest BCUT2D eigenvalue weighted by Crippen LogP contribution is 2.14. The number of nitrogens with one attached hydrogen (secondary N) is 3. The zero-order valence-electron chi connectivity index (χ0n) is 8.96. The lowest BCUT2D eigenvalue weighted by Crippen LogP contribution is -2.60. The Labute approximate surface area is 85.4 Å². The number of hydrazine groups is 1. The summed E-state index contributed by atoms with van der Waals surface area (Å²) in [6.45, 7) is 6.29. The van der Waals surface area contributed by atoms with Crippen LogP contribution >= 0.6 is 0 Å². The Morgan fingerprint density at radius 2 is 2.14 bits per heavy atom. The predicted molar refractivity (Wildman–Crippen MR) is 56.3 cm³/mol. The van der Waals surface area contributed by atoms with Gasteiger partial charge >= 0.3 is 0 Å². The molecule has 2 saturated heterocycles. The Bertz CT molecular complexity index is 194. The van der Waals surface area contributed by atoms with Gasteiger partial charge < -0.3 is 11.1 Å². The lowest BCUT2D eigenvalue weighted by Gasteiger charge is -2.37. The molecule has 0 aromatic heterocycles. The molecule has 0 aromatic rings. The monoisotopic (exact) mass is 199 g/mol. The van der Waals surface area contributed by atoms with Crippen molar-refractivity contribution in [1.82, 2.24) is 21.1 Å². The molecule has 5 nitrogen and oxygen atoms in total. The zero-order valence-corrected chi connectivity index (χ0v) is 8.96. The molecule has 0 saturated carbocycles. The van der Waals surface area contributed by atoms with E-state index in [1.807, 2.05) is 0 Å². The third-order valence-electron chi connectivity index (χ3n) is 3.10. The molecule has 2 rings (SSSR count). The molecule has 2 fully saturated rings. The highest BCUT2D eigenvalue weighted by atomic mass is 15.7. The molecule has 5 heteroatoms. The summed E-state index contributed by atoms with van der Waals surface area (Å²) in [5.41, 5.74) is 9.51. The summed E-state index contributed by atoms with van der Waals surface area (Å²) >= 11 is 0. The average molecular weight is 199 g/mol. The van der Waals surface area contributed by atoms with E-state index in [-0.39, 0.29) is 6.04 Å². The minimum absolute atomic E-state index is 0.228. The van der Waals surface area contributed by atoms with Crippen LogP contribution in [0.15, 0.2) is 0 Å². The van der Waals surface area contributed by atoms with Gasteiger partial charge in [0.2, 0.25) is 0 Å². The van der Waals surface area contributed by atoms with Crippen molar-refractivity contribution in [1.29, 1.82) is 0 Å². The number of rotatable bonds is 1. The maximum Gasteiger partial charge on any atom is 0.0720 e. The molecule has 0 spiro atoms. The molecule has 5 N–H and O–H groups in total. The fourth-order valence-corrected chi connectivity index (χ4v) is 2.41. The van der Waals surface area contributed by atoms with Crippen LogP contribution in [0.5, 0.6) is 0 Å². The summed E-state index contributed by atoms with van der Waals surface area (Å²) in [6.07, 6.45) is 1.85. The van der Waals surface area contributed by atoms with Crippen molar-refractivity contribution >= 4 is 0 Å². The Hall–Kier alpha value is -0.200. The standard InChI is InChI=1S/C9H21N5/c1-6-12-7(2)14(13-6)9-3-4-11-5-8(9)10/h6-9,11-13H,3-5,10H2,1-2H3. The second-order valence-electron chi connectivity index (χ2n) is 4.32. The SMILES string of the molecule is CC1NC(C)N(C2CCNCC2N)N1. The molecule has 0 aromatic carbocycles. The fourth-order valence-electron chi connectivity index (χ4n) is 2.41. The Morgan fingerprint density at radius 3 is 2.71 bits per heavy atom. The molecule has 0 bridgehead atoms. The van der Waals surface area contributed by atoms with E-state index in [4.69, 9.17) is 5.73 Å². The van der Waals surface area contributed by atoms with Gasteiger partial charge in [0.25, 0.3) is 0 Å². The summed E-state index contributed by atoms with van der Waals surface area (Å²) in [6, 6.07) is 0.675. The van der Waals surface area contributed by atoms with Crippen LogP contribution in [-0.2, 0) is 0 Å². The smallest absolute Gasteiger partial charge is 0.0720 e. The first-order valence-electron chi connectivity index (χ1n) is 5.45. The lowest BCUT2D eigenvalue weighted by atomic mass is 10.0. The van der Waals surface area contributed by atoms with Crippen molar-refractivity contribution in [2.45, 2.75) is 44.7 Å². The van der Waals surface area contributed by atoms with Crippen LogP contribution in [0.1, 0.15) is 20.3 Å². The predicted octanol–water partition coefficient (Wildman–Crippen LogP) is -1.22. The summed E-state index contributed by atoms with van der Waals surface area (Å²) in [4.78, 5) is 0. The van der Waals surface area contributed by atoms with Crippen molar-refractivity contribution in [3.05, 3.63) is 0 Å². The number of nitrogens with two attached hydrogens (primary N) is 1. The number of nitrogens with zero attached hydrogens (tertiary/aromatic N) is 1. The number of hydrogen-bond acceptors (Lipinski definition) is 5. The van der Waals surface area contributed by atoms with Crippen LogP contribution in [0, 0.1) is 0 Å². The van der Waals surface area contributed by atoms with Gasteiger partial charge in [-0.25, -0.2) is 10.4 Å². The van der Waals surface area contributed by atoms with Gasteiger partial charge in [-0.15, -0.1) is 0 Å². The second-order valence-corrected chi connectivity index (χ2v) is 4.32. The van der Waals surface area contributed by atoms with Crippen molar-refractivity contribution in [3.8, 4) is 0 Å². The van der Waals surface area contributed by atoms with E-state index in [2.05, 4.69) is 34.9 Å². The molecule has 14 heavy (non-hydrogen) atoms. The summed E-state index contributed by atoms with van der Waals surface area (Å²) in [5, 5.41) is 9.01. The molecule has 0 radical (unpaired) electrons. The Balaban J connectivity index is 1.99. The van der Waals surface area contributed by atoms with Gasteiger partial charge in [0.15, 0.2) is 0 Å². The molecule has 4 unspecified atom stereocenters. The minimum Gasteiger partial charge on any atom is -0.325 e. The van der Waals surface area contributed by atoms with Gasteiger partial charge in [0.05, 0.1) is 12.3 Å². The van der Waals surface area contributed by atoms with E-state index in [0.29, 0.717) is 18.4 Å². The normalized spacial score (nSPS) is 45.6. The quantitative estimate of drug-likeness (QED) is 0.426. The molecular weight excluding hydrogens is 178 g/mol. The molecule has 0 aliphatic carbocycles. The van der Waals surface area contributed by atoms with E-state index in [0.717, 1.165) is 19.5 Å². The fraction of sp³-hybridized carbons (Fsp3) is 1.00.